The van der Waals surface area contributed by atoms with Crippen molar-refractivity contribution in [2.45, 2.75) is 45.1 Å². The smallest absolute Gasteiger partial charge is 0.317 e. The molecule has 2 aromatic heterocycles. The molecular weight excluding hydrogens is 414 g/mol. The average molecular weight is 444 g/mol. The van der Waals surface area contributed by atoms with Gasteiger partial charge in [-0.1, -0.05) is 24.3 Å². The molecular formula is C26H29N5O2. The number of amides is 2. The number of benzene rings is 2. The van der Waals surface area contributed by atoms with Gasteiger partial charge in [-0.3, -0.25) is 9.89 Å². The number of hydrogen-bond acceptors (Lipinski definition) is 3. The van der Waals surface area contributed by atoms with E-state index in [0.29, 0.717) is 13.1 Å². The van der Waals surface area contributed by atoms with Crippen LogP contribution in [-0.2, 0) is 6.42 Å². The molecule has 2 aromatic carbocycles. The van der Waals surface area contributed by atoms with Crippen LogP contribution < -0.4 is 10.9 Å². The van der Waals surface area contributed by atoms with Gasteiger partial charge < -0.3 is 15.2 Å². The molecule has 33 heavy (non-hydrogen) atoms. The van der Waals surface area contributed by atoms with E-state index >= 15 is 0 Å². The second-order valence-corrected chi connectivity index (χ2v) is 9.20. The summed E-state index contributed by atoms with van der Waals surface area (Å²) in [6.07, 6.45) is 4.18. The maximum absolute atomic E-state index is 12.9. The molecule has 2 amide bonds. The number of piperidine rings is 1. The Bertz CT molecular complexity index is 1360. The number of carbonyl (C=O) groups excluding carboxylic acids is 1. The third-order valence-corrected chi connectivity index (χ3v) is 6.72. The topological polar surface area (TPSA) is 93.9 Å². The number of pyridine rings is 1. The third-order valence-electron chi connectivity index (χ3n) is 6.72. The quantitative estimate of drug-likeness (QED) is 0.441. The lowest BCUT2D eigenvalue weighted by molar-refractivity contribution is 0.178. The summed E-state index contributed by atoms with van der Waals surface area (Å²) in [6.45, 7) is 5.40. The summed E-state index contributed by atoms with van der Waals surface area (Å²) in [7, 11) is 0. The summed E-state index contributed by atoms with van der Waals surface area (Å²) in [5.41, 5.74) is 5.07. The fourth-order valence-electron chi connectivity index (χ4n) is 5.00. The van der Waals surface area contributed by atoms with Crippen LogP contribution in [0.5, 0.6) is 0 Å². The van der Waals surface area contributed by atoms with Gasteiger partial charge in [0.2, 0.25) is 0 Å². The van der Waals surface area contributed by atoms with Gasteiger partial charge in [-0.05, 0) is 73.7 Å². The van der Waals surface area contributed by atoms with Crippen molar-refractivity contribution in [3.63, 3.8) is 0 Å². The van der Waals surface area contributed by atoms with Gasteiger partial charge in [0.1, 0.15) is 0 Å². The molecule has 7 heteroatoms. The first-order chi connectivity index (χ1) is 16.0. The Balaban J connectivity index is 1.19. The van der Waals surface area contributed by atoms with Crippen molar-refractivity contribution in [2.75, 3.05) is 13.1 Å². The molecule has 7 nitrogen and oxygen atoms in total. The lowest BCUT2D eigenvalue weighted by Crippen LogP contribution is -2.47. The third kappa shape index (κ3) is 4.35. The number of hydrogen-bond donors (Lipinski definition) is 3. The van der Waals surface area contributed by atoms with Gasteiger partial charge in [0, 0.05) is 35.6 Å². The highest BCUT2D eigenvalue weighted by Gasteiger charge is 2.26. The predicted octanol–water partition coefficient (Wildman–Crippen LogP) is 4.23. The number of H-pyrrole nitrogens is 2. The molecule has 1 aliphatic rings. The van der Waals surface area contributed by atoms with Gasteiger partial charge >= 0.3 is 6.03 Å². The highest BCUT2D eigenvalue weighted by atomic mass is 16.2. The fraction of sp³-hybridized carbons (Fsp3) is 0.346. The molecule has 1 fully saturated rings. The number of aromatic amines is 2. The van der Waals surface area contributed by atoms with Crippen molar-refractivity contribution in [3.05, 3.63) is 75.7 Å². The number of nitrogens with one attached hydrogen (secondary N) is 3. The highest BCUT2D eigenvalue weighted by Crippen LogP contribution is 2.27. The maximum atomic E-state index is 12.9. The monoisotopic (exact) mass is 443 g/mol. The van der Waals surface area contributed by atoms with Gasteiger partial charge in [0.15, 0.2) is 0 Å². The van der Waals surface area contributed by atoms with E-state index in [1.54, 1.807) is 0 Å². The molecule has 3 N–H and O–H groups in total. The summed E-state index contributed by atoms with van der Waals surface area (Å²) < 4.78 is 0. The molecule has 0 saturated carbocycles. The zero-order valence-electron chi connectivity index (χ0n) is 19.0. The average Bonchev–Trinajstić information content (AvgIpc) is 3.28. The lowest BCUT2D eigenvalue weighted by atomic mass is 9.89. The zero-order valence-corrected chi connectivity index (χ0v) is 19.0. The van der Waals surface area contributed by atoms with E-state index in [9.17, 15) is 9.59 Å². The molecule has 3 heterocycles. The number of likely N-dealkylation sites (tertiary alicyclic amines) is 1. The number of aryl methyl sites for hydroxylation is 1. The fourth-order valence-corrected chi connectivity index (χ4v) is 5.00. The van der Waals surface area contributed by atoms with Gasteiger partial charge in [0.05, 0.1) is 11.7 Å². The SMILES string of the molecule is Cc1cc(C[C@@H](C)NC(=O)N2CCC(c3cc4ccccc4[nH]c3=O)CC2)cc2cn[nH]c12. The first-order valence-electron chi connectivity index (χ1n) is 11.6. The highest BCUT2D eigenvalue weighted by molar-refractivity contribution is 5.82. The van der Waals surface area contributed by atoms with Crippen molar-refractivity contribution >= 4 is 27.8 Å². The minimum Gasteiger partial charge on any atom is -0.335 e. The molecule has 0 aliphatic carbocycles. The Morgan fingerprint density at radius 3 is 2.79 bits per heavy atom. The number of nitrogens with zero attached hydrogens (tertiary/aromatic N) is 2. The minimum atomic E-state index is -0.0329. The van der Waals surface area contributed by atoms with E-state index in [2.05, 4.69) is 39.6 Å². The van der Waals surface area contributed by atoms with Crippen molar-refractivity contribution < 1.29 is 4.79 Å². The van der Waals surface area contributed by atoms with Crippen molar-refractivity contribution in [1.82, 2.24) is 25.4 Å². The standard InChI is InChI=1S/C26H29N5O2/c1-16-11-18(13-21-15-27-30-24(16)21)12-17(2)28-26(33)31-9-7-19(8-10-31)22-14-20-5-3-4-6-23(20)29-25(22)32/h3-6,11,13-15,17,19H,7-10,12H2,1-2H3,(H,27,30)(H,28,33)(H,29,32)/t17-/m1/s1. The normalized spacial score (nSPS) is 15.8. The molecule has 4 aromatic rings. The maximum Gasteiger partial charge on any atom is 0.317 e. The molecule has 0 bridgehead atoms. The molecule has 0 unspecified atom stereocenters. The van der Waals surface area contributed by atoms with E-state index in [4.69, 9.17) is 0 Å². The second kappa shape index (κ2) is 8.73. The Hall–Kier alpha value is -3.61. The Morgan fingerprint density at radius 2 is 1.97 bits per heavy atom. The van der Waals surface area contributed by atoms with E-state index in [1.807, 2.05) is 48.4 Å². The van der Waals surface area contributed by atoms with E-state index in [0.717, 1.165) is 52.2 Å². The summed E-state index contributed by atoms with van der Waals surface area (Å²) >= 11 is 0. The number of para-hydroxylation sites is 1. The molecule has 1 atom stereocenters. The van der Waals surface area contributed by atoms with Crippen molar-refractivity contribution in [2.24, 2.45) is 0 Å². The van der Waals surface area contributed by atoms with Gasteiger partial charge in [0.25, 0.3) is 5.56 Å². The van der Waals surface area contributed by atoms with Crippen LogP contribution in [0.15, 0.2) is 53.5 Å². The van der Waals surface area contributed by atoms with E-state index in [-0.39, 0.29) is 23.6 Å². The second-order valence-electron chi connectivity index (χ2n) is 9.20. The summed E-state index contributed by atoms with van der Waals surface area (Å²) in [5.74, 6) is 0.171. The summed E-state index contributed by atoms with van der Waals surface area (Å²) in [5, 5.41) is 12.4. The predicted molar refractivity (Wildman–Crippen MR) is 131 cm³/mol. The molecule has 1 aliphatic heterocycles. The van der Waals surface area contributed by atoms with Crippen LogP contribution >= 0.6 is 0 Å². The Labute approximate surface area is 192 Å². The van der Waals surface area contributed by atoms with Crippen LogP contribution in [0.3, 0.4) is 0 Å². The number of fused-ring (bicyclic) bond motifs is 2. The van der Waals surface area contributed by atoms with Crippen LogP contribution in [0.4, 0.5) is 4.79 Å². The number of aromatic nitrogens is 3. The van der Waals surface area contributed by atoms with Crippen LogP contribution in [-0.4, -0.2) is 45.2 Å². The molecule has 1 saturated heterocycles. The minimum absolute atomic E-state index is 0.0160. The number of urea groups is 1. The van der Waals surface area contributed by atoms with E-state index in [1.165, 1.54) is 5.56 Å². The van der Waals surface area contributed by atoms with Crippen molar-refractivity contribution in [1.29, 1.82) is 0 Å². The van der Waals surface area contributed by atoms with Crippen LogP contribution in [0.25, 0.3) is 21.8 Å². The lowest BCUT2D eigenvalue weighted by Gasteiger charge is -2.33. The Morgan fingerprint density at radius 1 is 1.18 bits per heavy atom. The number of carbonyl (C=O) groups is 1. The molecule has 0 radical (unpaired) electrons. The van der Waals surface area contributed by atoms with E-state index < -0.39 is 0 Å². The Kier molecular flexibility index (Phi) is 5.62. The zero-order chi connectivity index (χ0) is 22.9. The van der Waals surface area contributed by atoms with Gasteiger partial charge in [-0.2, -0.15) is 5.10 Å². The largest absolute Gasteiger partial charge is 0.335 e. The summed E-state index contributed by atoms with van der Waals surface area (Å²) in [4.78, 5) is 30.3. The first-order valence-corrected chi connectivity index (χ1v) is 11.6. The first kappa shape index (κ1) is 21.2. The molecule has 5 rings (SSSR count). The van der Waals surface area contributed by atoms with Crippen molar-refractivity contribution in [3.8, 4) is 0 Å². The van der Waals surface area contributed by atoms with Crippen LogP contribution in [0.1, 0.15) is 42.4 Å². The summed E-state index contributed by atoms with van der Waals surface area (Å²) in [6, 6.07) is 14.1. The number of rotatable bonds is 4. The molecule has 170 valence electrons. The van der Waals surface area contributed by atoms with Gasteiger partial charge in [-0.25, -0.2) is 4.79 Å². The van der Waals surface area contributed by atoms with Gasteiger partial charge in [-0.15, -0.1) is 0 Å². The molecule has 0 spiro atoms. The van der Waals surface area contributed by atoms with Crippen LogP contribution in [0.2, 0.25) is 0 Å². The van der Waals surface area contributed by atoms with Crippen LogP contribution in [0, 0.1) is 6.92 Å².